The molecule has 7 heteroatoms. The van der Waals surface area contributed by atoms with Crippen LogP contribution in [0.4, 0.5) is 0 Å². The second kappa shape index (κ2) is 6.63. The normalized spacial score (nSPS) is 9.86. The van der Waals surface area contributed by atoms with Crippen molar-refractivity contribution in [2.24, 2.45) is 5.73 Å². The second-order valence-corrected chi connectivity index (χ2v) is 4.40. The molecular weight excluding hydrogens is 268 g/mol. The van der Waals surface area contributed by atoms with Crippen molar-refractivity contribution in [1.29, 1.82) is 0 Å². The molecule has 108 valence electrons. The fourth-order valence-electron chi connectivity index (χ4n) is 1.75. The molecule has 0 radical (unpaired) electrons. The molecule has 2 aromatic rings. The third-order valence-corrected chi connectivity index (χ3v) is 2.70. The first-order chi connectivity index (χ1) is 10.1. The van der Waals surface area contributed by atoms with Crippen molar-refractivity contribution in [3.8, 4) is 11.8 Å². The zero-order chi connectivity index (χ0) is 15.2. The molecule has 0 atom stereocenters. The SMILES string of the molecule is Cc1nc(CN(C)C(=O)c2ncccc2C#CCN)n[nH]1. The molecule has 2 aromatic heterocycles. The van der Waals surface area contributed by atoms with Crippen LogP contribution in [0.2, 0.25) is 0 Å². The molecule has 0 bridgehead atoms. The lowest BCUT2D eigenvalue weighted by atomic mass is 10.2. The Kier molecular flexibility index (Phi) is 4.64. The van der Waals surface area contributed by atoms with Crippen LogP contribution >= 0.6 is 0 Å². The smallest absolute Gasteiger partial charge is 0.273 e. The summed E-state index contributed by atoms with van der Waals surface area (Å²) in [6.07, 6.45) is 1.56. The predicted octanol–water partition coefficient (Wildman–Crippen LogP) is 0.0905. The molecule has 0 spiro atoms. The number of nitrogens with two attached hydrogens (primary N) is 1. The van der Waals surface area contributed by atoms with Gasteiger partial charge in [-0.2, -0.15) is 5.10 Å². The lowest BCUT2D eigenvalue weighted by molar-refractivity contribution is 0.0775. The number of nitrogens with zero attached hydrogens (tertiary/aromatic N) is 4. The molecule has 0 saturated carbocycles. The van der Waals surface area contributed by atoms with Crippen LogP contribution in [0.25, 0.3) is 0 Å². The zero-order valence-electron chi connectivity index (χ0n) is 11.9. The van der Waals surface area contributed by atoms with E-state index >= 15 is 0 Å². The maximum absolute atomic E-state index is 12.4. The van der Waals surface area contributed by atoms with Crippen molar-refractivity contribution in [3.63, 3.8) is 0 Å². The summed E-state index contributed by atoms with van der Waals surface area (Å²) < 4.78 is 0. The number of amides is 1. The maximum Gasteiger partial charge on any atom is 0.273 e. The molecule has 0 fully saturated rings. The summed E-state index contributed by atoms with van der Waals surface area (Å²) in [7, 11) is 1.67. The van der Waals surface area contributed by atoms with Crippen LogP contribution in [0.15, 0.2) is 18.3 Å². The predicted molar refractivity (Wildman–Crippen MR) is 77.1 cm³/mol. The Labute approximate surface area is 122 Å². The third kappa shape index (κ3) is 3.64. The molecule has 2 heterocycles. The van der Waals surface area contributed by atoms with E-state index in [2.05, 4.69) is 32.0 Å². The van der Waals surface area contributed by atoms with Crippen molar-refractivity contribution in [2.45, 2.75) is 13.5 Å². The monoisotopic (exact) mass is 284 g/mol. The first-order valence-electron chi connectivity index (χ1n) is 6.39. The molecule has 0 unspecified atom stereocenters. The van der Waals surface area contributed by atoms with Crippen molar-refractivity contribution < 1.29 is 4.79 Å². The number of nitrogens with one attached hydrogen (secondary N) is 1. The molecule has 0 aliphatic rings. The van der Waals surface area contributed by atoms with Gasteiger partial charge >= 0.3 is 0 Å². The number of H-pyrrole nitrogens is 1. The summed E-state index contributed by atoms with van der Waals surface area (Å²) in [6.45, 7) is 2.33. The van der Waals surface area contributed by atoms with Gasteiger partial charge in [0, 0.05) is 13.2 Å². The Morgan fingerprint density at radius 2 is 2.33 bits per heavy atom. The number of carbonyl (C=O) groups is 1. The van der Waals surface area contributed by atoms with Crippen LogP contribution in [0.1, 0.15) is 27.7 Å². The number of aromatic nitrogens is 4. The van der Waals surface area contributed by atoms with Gasteiger partial charge in [0.25, 0.3) is 5.91 Å². The van der Waals surface area contributed by atoms with Gasteiger partial charge in [0.2, 0.25) is 0 Å². The number of aromatic amines is 1. The van der Waals surface area contributed by atoms with Gasteiger partial charge in [0.05, 0.1) is 18.7 Å². The van der Waals surface area contributed by atoms with E-state index in [1.807, 2.05) is 0 Å². The average Bonchev–Trinajstić information content (AvgIpc) is 2.89. The number of hydrogen-bond acceptors (Lipinski definition) is 5. The van der Waals surface area contributed by atoms with Crippen LogP contribution in [-0.4, -0.2) is 44.6 Å². The third-order valence-electron chi connectivity index (χ3n) is 2.70. The minimum atomic E-state index is -0.237. The Hall–Kier alpha value is -2.72. The zero-order valence-corrected chi connectivity index (χ0v) is 11.9. The van der Waals surface area contributed by atoms with Gasteiger partial charge in [-0.25, -0.2) is 9.97 Å². The average molecular weight is 284 g/mol. The van der Waals surface area contributed by atoms with Crippen molar-refractivity contribution in [3.05, 3.63) is 41.2 Å². The highest BCUT2D eigenvalue weighted by atomic mass is 16.2. The maximum atomic E-state index is 12.4. The standard InChI is InChI=1S/C14H16N6O/c1-10-17-12(19-18-10)9-20(2)14(21)13-11(5-3-7-15)6-4-8-16-13/h4,6,8H,7,9,15H2,1-2H3,(H,17,18,19). The minimum Gasteiger partial charge on any atom is -0.333 e. The fraction of sp³-hybridized carbons (Fsp3) is 0.286. The van der Waals surface area contributed by atoms with Gasteiger partial charge in [-0.1, -0.05) is 11.8 Å². The van der Waals surface area contributed by atoms with E-state index in [4.69, 9.17) is 5.73 Å². The molecule has 1 amide bonds. The lowest BCUT2D eigenvalue weighted by Crippen LogP contribution is -2.28. The molecule has 0 aliphatic heterocycles. The Balaban J connectivity index is 2.19. The van der Waals surface area contributed by atoms with E-state index in [0.29, 0.717) is 29.5 Å². The fourth-order valence-corrected chi connectivity index (χ4v) is 1.75. The summed E-state index contributed by atoms with van der Waals surface area (Å²) in [5.74, 6) is 6.60. The molecule has 7 nitrogen and oxygen atoms in total. The number of aryl methyl sites for hydroxylation is 1. The summed E-state index contributed by atoms with van der Waals surface area (Å²) in [6, 6.07) is 3.48. The molecule has 0 saturated heterocycles. The highest BCUT2D eigenvalue weighted by Crippen LogP contribution is 2.08. The molecule has 2 rings (SSSR count). The van der Waals surface area contributed by atoms with Gasteiger partial charge in [-0.15, -0.1) is 0 Å². The second-order valence-electron chi connectivity index (χ2n) is 4.40. The molecule has 21 heavy (non-hydrogen) atoms. The summed E-state index contributed by atoms with van der Waals surface area (Å²) in [4.78, 5) is 22.2. The van der Waals surface area contributed by atoms with Gasteiger partial charge in [-0.3, -0.25) is 9.89 Å². The summed E-state index contributed by atoms with van der Waals surface area (Å²) in [5, 5.41) is 6.75. The minimum absolute atomic E-state index is 0.231. The van der Waals surface area contributed by atoms with E-state index in [1.165, 1.54) is 4.90 Å². The number of hydrogen-bond donors (Lipinski definition) is 2. The largest absolute Gasteiger partial charge is 0.333 e. The van der Waals surface area contributed by atoms with Crippen LogP contribution in [-0.2, 0) is 6.54 Å². The van der Waals surface area contributed by atoms with Crippen LogP contribution in [0.5, 0.6) is 0 Å². The Morgan fingerprint density at radius 3 is 3.00 bits per heavy atom. The summed E-state index contributed by atoms with van der Waals surface area (Å²) >= 11 is 0. The number of carbonyl (C=O) groups excluding carboxylic acids is 1. The van der Waals surface area contributed by atoms with E-state index in [9.17, 15) is 4.79 Å². The Morgan fingerprint density at radius 1 is 1.52 bits per heavy atom. The highest BCUT2D eigenvalue weighted by Gasteiger charge is 2.17. The quantitative estimate of drug-likeness (QED) is 0.778. The van der Waals surface area contributed by atoms with Crippen LogP contribution < -0.4 is 5.73 Å². The van der Waals surface area contributed by atoms with E-state index < -0.39 is 0 Å². The summed E-state index contributed by atoms with van der Waals surface area (Å²) in [5.41, 5.74) is 6.22. The van der Waals surface area contributed by atoms with Gasteiger partial charge in [0.1, 0.15) is 11.5 Å². The first-order valence-corrected chi connectivity index (χ1v) is 6.39. The van der Waals surface area contributed by atoms with Crippen molar-refractivity contribution in [1.82, 2.24) is 25.1 Å². The molecule has 3 N–H and O–H groups in total. The van der Waals surface area contributed by atoms with Crippen LogP contribution in [0, 0.1) is 18.8 Å². The molecule has 0 aromatic carbocycles. The molecular formula is C14H16N6O. The van der Waals surface area contributed by atoms with Gasteiger partial charge in [0.15, 0.2) is 5.82 Å². The van der Waals surface area contributed by atoms with Gasteiger partial charge < -0.3 is 10.6 Å². The van der Waals surface area contributed by atoms with Crippen molar-refractivity contribution >= 4 is 5.91 Å². The highest BCUT2D eigenvalue weighted by molar-refractivity contribution is 5.94. The lowest BCUT2D eigenvalue weighted by Gasteiger charge is -2.15. The van der Waals surface area contributed by atoms with Crippen LogP contribution in [0.3, 0.4) is 0 Å². The van der Waals surface area contributed by atoms with Gasteiger partial charge in [-0.05, 0) is 19.1 Å². The number of pyridine rings is 1. The topological polar surface area (TPSA) is 101 Å². The number of rotatable bonds is 3. The van der Waals surface area contributed by atoms with E-state index in [0.717, 1.165) is 0 Å². The Bertz CT molecular complexity index is 697. The molecule has 0 aliphatic carbocycles. The van der Waals surface area contributed by atoms with Crippen molar-refractivity contribution in [2.75, 3.05) is 13.6 Å². The first kappa shape index (κ1) is 14.7. The van der Waals surface area contributed by atoms with E-state index in [1.54, 1.807) is 32.3 Å². The van der Waals surface area contributed by atoms with E-state index in [-0.39, 0.29) is 12.5 Å².